The molecule has 0 radical (unpaired) electrons. The molecule has 0 fully saturated rings. The predicted octanol–water partition coefficient (Wildman–Crippen LogP) is 2.02. The first kappa shape index (κ1) is 17.5. The van der Waals surface area contributed by atoms with Crippen molar-refractivity contribution in [3.63, 3.8) is 0 Å². The van der Waals surface area contributed by atoms with Gasteiger partial charge < -0.3 is 15.5 Å². The van der Waals surface area contributed by atoms with Crippen LogP contribution in [0.25, 0.3) is 0 Å². The summed E-state index contributed by atoms with van der Waals surface area (Å²) in [5, 5.41) is 20.9. The number of carbonyl (C=O) groups is 1. The molecule has 0 aliphatic carbocycles. The van der Waals surface area contributed by atoms with Gasteiger partial charge in [0, 0.05) is 9.37 Å². The topological polar surface area (TPSA) is 69.6 Å². The monoisotopic (exact) mass is 361 g/mol. The third-order valence-electron chi connectivity index (χ3n) is 2.95. The van der Waals surface area contributed by atoms with Gasteiger partial charge in [-0.2, -0.15) is 0 Å². The highest BCUT2D eigenvalue weighted by Gasteiger charge is 2.24. The van der Waals surface area contributed by atoms with Crippen LogP contribution in [0.2, 0.25) is 0 Å². The normalized spacial score (nSPS) is 11.5. The number of rotatable bonds is 6. The molecule has 112 valence electrons. The molecule has 3 N–H and O–H groups in total. The molecule has 1 amide bonds. The van der Waals surface area contributed by atoms with Crippen LogP contribution in [0.4, 0.5) is 0 Å². The molecule has 1 aromatic rings. The van der Waals surface area contributed by atoms with Crippen LogP contribution < -0.4 is 5.32 Å². The van der Waals surface area contributed by atoms with Gasteiger partial charge in [-0.3, -0.25) is 4.79 Å². The zero-order valence-corrected chi connectivity index (χ0v) is 14.3. The molecule has 20 heavy (non-hydrogen) atoms. The second-order valence-corrected chi connectivity index (χ2v) is 6.95. The van der Waals surface area contributed by atoms with Crippen molar-refractivity contribution in [3.8, 4) is 0 Å². The lowest BCUT2D eigenvalue weighted by Gasteiger charge is -2.26. The number of hydrogen-bond donors (Lipinski definition) is 3. The minimum absolute atomic E-state index is 0.208. The highest BCUT2D eigenvalue weighted by atomic mass is 79.9. The molecule has 0 saturated heterocycles. The minimum atomic E-state index is -0.970. The highest BCUT2D eigenvalue weighted by Crippen LogP contribution is 2.28. The second kappa shape index (κ2) is 7.45. The number of thioether (sulfide) groups is 1. The molecule has 0 heterocycles. The number of aliphatic hydroxyl groups is 2. The molecule has 1 rings (SSSR count). The van der Waals surface area contributed by atoms with Gasteiger partial charge in [-0.05, 0) is 44.0 Å². The molecule has 0 spiro atoms. The standard InChI is InChI=1S/C14H20BrNO3S/c1-9-5-12(10(2)4-11(9)15)20-6-13(19)16-14(3,7-17)8-18/h4-5,17-18H,6-8H2,1-3H3,(H,16,19). The van der Waals surface area contributed by atoms with E-state index in [1.54, 1.807) is 6.92 Å². The molecule has 0 aliphatic rings. The second-order valence-electron chi connectivity index (χ2n) is 5.08. The first-order chi connectivity index (χ1) is 9.31. The van der Waals surface area contributed by atoms with Gasteiger partial charge in [0.05, 0.1) is 24.5 Å². The quantitative estimate of drug-likeness (QED) is 0.678. The molecule has 0 aromatic heterocycles. The Bertz CT molecular complexity index is 490. The fourth-order valence-corrected chi connectivity index (χ4v) is 2.92. The van der Waals surface area contributed by atoms with E-state index in [4.69, 9.17) is 10.2 Å². The average Bonchev–Trinajstić information content (AvgIpc) is 2.41. The minimum Gasteiger partial charge on any atom is -0.394 e. The van der Waals surface area contributed by atoms with E-state index in [0.717, 1.165) is 20.5 Å². The van der Waals surface area contributed by atoms with Crippen LogP contribution in [0.5, 0.6) is 0 Å². The first-order valence-corrected chi connectivity index (χ1v) is 8.01. The van der Waals surface area contributed by atoms with Gasteiger partial charge in [0.15, 0.2) is 0 Å². The summed E-state index contributed by atoms with van der Waals surface area (Å²) in [7, 11) is 0. The number of aliphatic hydroxyl groups excluding tert-OH is 2. The van der Waals surface area contributed by atoms with Crippen LogP contribution in [0.1, 0.15) is 18.1 Å². The summed E-state index contributed by atoms with van der Waals surface area (Å²) in [6.07, 6.45) is 0. The molecule has 0 atom stereocenters. The van der Waals surface area contributed by atoms with E-state index in [2.05, 4.69) is 21.2 Å². The lowest BCUT2D eigenvalue weighted by Crippen LogP contribution is -2.52. The van der Waals surface area contributed by atoms with Gasteiger partial charge in [0.25, 0.3) is 0 Å². The molecular formula is C14H20BrNO3S. The van der Waals surface area contributed by atoms with E-state index in [-0.39, 0.29) is 24.9 Å². The number of benzene rings is 1. The number of aryl methyl sites for hydroxylation is 2. The van der Waals surface area contributed by atoms with Gasteiger partial charge in [-0.15, -0.1) is 11.8 Å². The summed E-state index contributed by atoms with van der Waals surface area (Å²) in [5.41, 5.74) is 1.25. The van der Waals surface area contributed by atoms with Gasteiger partial charge in [0.1, 0.15) is 0 Å². The summed E-state index contributed by atoms with van der Waals surface area (Å²) < 4.78 is 1.05. The van der Waals surface area contributed by atoms with Crippen LogP contribution >= 0.6 is 27.7 Å². The van der Waals surface area contributed by atoms with E-state index in [1.165, 1.54) is 11.8 Å². The Kier molecular flexibility index (Phi) is 6.51. The highest BCUT2D eigenvalue weighted by molar-refractivity contribution is 9.10. The van der Waals surface area contributed by atoms with Crippen molar-refractivity contribution in [2.24, 2.45) is 0 Å². The van der Waals surface area contributed by atoms with Crippen molar-refractivity contribution in [3.05, 3.63) is 27.7 Å². The van der Waals surface area contributed by atoms with Crippen molar-refractivity contribution in [2.75, 3.05) is 19.0 Å². The Labute approximate surface area is 132 Å². The maximum Gasteiger partial charge on any atom is 0.230 e. The SMILES string of the molecule is Cc1cc(SCC(=O)NC(C)(CO)CO)c(C)cc1Br. The summed E-state index contributed by atoms with van der Waals surface area (Å²) >= 11 is 4.92. The van der Waals surface area contributed by atoms with Crippen molar-refractivity contribution in [1.29, 1.82) is 0 Å². The van der Waals surface area contributed by atoms with E-state index in [9.17, 15) is 4.79 Å². The maximum atomic E-state index is 11.8. The smallest absolute Gasteiger partial charge is 0.230 e. The molecule has 6 heteroatoms. The van der Waals surface area contributed by atoms with Gasteiger partial charge in [-0.25, -0.2) is 0 Å². The average molecular weight is 362 g/mol. The van der Waals surface area contributed by atoms with Crippen LogP contribution in [0.15, 0.2) is 21.5 Å². The molecule has 0 aliphatic heterocycles. The lowest BCUT2D eigenvalue weighted by atomic mass is 10.1. The number of amides is 1. The Balaban J connectivity index is 2.64. The molecule has 1 aromatic carbocycles. The van der Waals surface area contributed by atoms with E-state index in [0.29, 0.717) is 0 Å². The van der Waals surface area contributed by atoms with Crippen LogP contribution in [0, 0.1) is 13.8 Å². The fourth-order valence-electron chi connectivity index (χ4n) is 1.56. The summed E-state index contributed by atoms with van der Waals surface area (Å²) in [6, 6.07) is 4.07. The fraction of sp³-hybridized carbons (Fsp3) is 0.500. The molecule has 0 saturated carbocycles. The van der Waals surface area contributed by atoms with Crippen LogP contribution in [0.3, 0.4) is 0 Å². The predicted molar refractivity (Wildman–Crippen MR) is 85.1 cm³/mol. The number of halogens is 1. The van der Waals surface area contributed by atoms with Crippen molar-refractivity contribution < 1.29 is 15.0 Å². The number of carbonyl (C=O) groups excluding carboxylic acids is 1. The molecule has 0 bridgehead atoms. The van der Waals surface area contributed by atoms with Gasteiger partial charge >= 0.3 is 0 Å². The Morgan fingerprint density at radius 3 is 2.45 bits per heavy atom. The lowest BCUT2D eigenvalue weighted by molar-refractivity contribution is -0.121. The van der Waals surface area contributed by atoms with E-state index < -0.39 is 5.54 Å². The van der Waals surface area contributed by atoms with Crippen LogP contribution in [-0.2, 0) is 4.79 Å². The number of nitrogens with one attached hydrogen (secondary N) is 1. The maximum absolute atomic E-state index is 11.8. The largest absolute Gasteiger partial charge is 0.394 e. The summed E-state index contributed by atoms with van der Waals surface area (Å²) in [5.74, 6) is 0.0397. The Morgan fingerprint density at radius 2 is 1.90 bits per heavy atom. The third kappa shape index (κ3) is 4.77. The number of hydrogen-bond acceptors (Lipinski definition) is 4. The molecular weight excluding hydrogens is 342 g/mol. The zero-order valence-electron chi connectivity index (χ0n) is 11.9. The Hall–Kier alpha value is -0.560. The third-order valence-corrected chi connectivity index (χ3v) is 4.97. The summed E-state index contributed by atoms with van der Waals surface area (Å²) in [4.78, 5) is 12.9. The molecule has 4 nitrogen and oxygen atoms in total. The first-order valence-electron chi connectivity index (χ1n) is 6.23. The van der Waals surface area contributed by atoms with Crippen molar-refractivity contribution >= 4 is 33.6 Å². The molecule has 0 unspecified atom stereocenters. The summed E-state index contributed by atoms with van der Waals surface area (Å²) in [6.45, 7) is 5.01. The van der Waals surface area contributed by atoms with Gasteiger partial charge in [-0.1, -0.05) is 15.9 Å². The Morgan fingerprint density at radius 1 is 1.30 bits per heavy atom. The van der Waals surface area contributed by atoms with E-state index >= 15 is 0 Å². The van der Waals surface area contributed by atoms with Crippen molar-refractivity contribution in [1.82, 2.24) is 5.32 Å². The van der Waals surface area contributed by atoms with E-state index in [1.807, 2.05) is 26.0 Å². The van der Waals surface area contributed by atoms with Gasteiger partial charge in [0.2, 0.25) is 5.91 Å². The van der Waals surface area contributed by atoms with Crippen molar-refractivity contribution in [2.45, 2.75) is 31.2 Å². The zero-order chi connectivity index (χ0) is 15.3. The van der Waals surface area contributed by atoms with Crippen LogP contribution in [-0.4, -0.2) is 40.6 Å².